The van der Waals surface area contributed by atoms with Gasteiger partial charge in [-0.05, 0) is 55.5 Å². The first-order chi connectivity index (χ1) is 11.5. The predicted molar refractivity (Wildman–Crippen MR) is 98.4 cm³/mol. The van der Waals surface area contributed by atoms with Gasteiger partial charge in [0.05, 0.1) is 17.5 Å². The van der Waals surface area contributed by atoms with Crippen molar-refractivity contribution in [2.75, 3.05) is 6.61 Å². The highest BCUT2D eigenvalue weighted by Crippen LogP contribution is 2.17. The number of benzene rings is 2. The summed E-state index contributed by atoms with van der Waals surface area (Å²) in [5.74, 6) is 0.0690. The lowest BCUT2D eigenvalue weighted by molar-refractivity contribution is 0.0953. The fourth-order valence-electron chi connectivity index (χ4n) is 2.39. The van der Waals surface area contributed by atoms with Crippen molar-refractivity contribution in [2.24, 2.45) is 0 Å². The van der Waals surface area contributed by atoms with Gasteiger partial charge in [0.1, 0.15) is 5.75 Å². The predicted octanol–water partition coefficient (Wildman–Crippen LogP) is 3.91. The average molecular weight is 405 g/mol. The van der Waals surface area contributed by atoms with Crippen LogP contribution in [0.1, 0.15) is 17.3 Å². The summed E-state index contributed by atoms with van der Waals surface area (Å²) < 4.78 is 7.17. The minimum atomic E-state index is -0.496. The summed E-state index contributed by atoms with van der Waals surface area (Å²) in [7, 11) is 0. The molecule has 122 valence electrons. The van der Waals surface area contributed by atoms with Crippen LogP contribution in [0.2, 0.25) is 0 Å². The molecule has 0 unspecified atom stereocenters. The fraction of sp³-hybridized carbons (Fsp3) is 0.118. The third-order valence-corrected chi connectivity index (χ3v) is 4.23. The van der Waals surface area contributed by atoms with E-state index in [0.717, 1.165) is 9.04 Å². The van der Waals surface area contributed by atoms with Gasteiger partial charge in [-0.3, -0.25) is 9.59 Å². The van der Waals surface area contributed by atoms with Crippen molar-refractivity contribution in [2.45, 2.75) is 6.92 Å². The number of aromatic nitrogens is 2. The third-order valence-electron chi connectivity index (χ3n) is 3.45. The molecule has 0 spiro atoms. The molecule has 0 aliphatic heterocycles. The maximum Gasteiger partial charge on any atom is 0.269 e. The Bertz CT molecular complexity index is 1060. The second-order valence-corrected chi connectivity index (χ2v) is 6.33. The van der Waals surface area contributed by atoms with Crippen LogP contribution >= 0.6 is 28.1 Å². The number of rotatable bonds is 3. The number of fused-ring (bicyclic) bond motifs is 1. The summed E-state index contributed by atoms with van der Waals surface area (Å²) >= 11 is 8.53. The first kappa shape index (κ1) is 16.6. The standard InChI is InChI=1S/C17H13BrN2O3S/c1-2-23-12-5-3-4-10(8-12)15(21)20-16(22)13-9-11(18)6-7-14(13)19-17(20)24/h3-9H,2H2,1H3,(H,19,24). The van der Waals surface area contributed by atoms with Crippen LogP contribution in [0.25, 0.3) is 10.9 Å². The monoisotopic (exact) mass is 404 g/mol. The smallest absolute Gasteiger partial charge is 0.269 e. The Balaban J connectivity index is 2.18. The Kier molecular flexibility index (Phi) is 4.64. The van der Waals surface area contributed by atoms with E-state index in [0.29, 0.717) is 28.8 Å². The molecule has 1 N–H and O–H groups in total. The molecule has 3 aromatic rings. The van der Waals surface area contributed by atoms with Crippen molar-refractivity contribution in [3.05, 3.63) is 67.6 Å². The molecule has 0 fully saturated rings. The lowest BCUT2D eigenvalue weighted by Crippen LogP contribution is -2.29. The zero-order valence-corrected chi connectivity index (χ0v) is 15.1. The van der Waals surface area contributed by atoms with Crippen LogP contribution < -0.4 is 10.3 Å². The van der Waals surface area contributed by atoms with Crippen molar-refractivity contribution in [1.82, 2.24) is 9.55 Å². The molecule has 0 saturated carbocycles. The molecule has 0 saturated heterocycles. The molecule has 1 heterocycles. The maximum absolute atomic E-state index is 12.8. The first-order valence-corrected chi connectivity index (χ1v) is 8.43. The summed E-state index contributed by atoms with van der Waals surface area (Å²) in [6.45, 7) is 2.35. The number of halogens is 1. The van der Waals surface area contributed by atoms with Gasteiger partial charge in [0, 0.05) is 10.0 Å². The number of ether oxygens (including phenoxy) is 1. The molecule has 0 amide bonds. The zero-order chi connectivity index (χ0) is 17.3. The van der Waals surface area contributed by atoms with Gasteiger partial charge in [0.15, 0.2) is 4.77 Å². The second-order valence-electron chi connectivity index (χ2n) is 5.03. The van der Waals surface area contributed by atoms with E-state index in [9.17, 15) is 9.59 Å². The molecule has 0 aliphatic rings. The number of nitrogens with one attached hydrogen (secondary N) is 1. The zero-order valence-electron chi connectivity index (χ0n) is 12.7. The van der Waals surface area contributed by atoms with E-state index in [1.54, 1.807) is 42.5 Å². The lowest BCUT2D eigenvalue weighted by Gasteiger charge is -2.09. The summed E-state index contributed by atoms with van der Waals surface area (Å²) in [4.78, 5) is 28.4. The number of carbonyl (C=O) groups is 1. The number of carbonyl (C=O) groups excluding carboxylic acids is 1. The SMILES string of the molecule is CCOc1cccc(C(=O)n2c(=S)[nH]c3ccc(Br)cc3c2=O)c1. The van der Waals surface area contributed by atoms with Crippen molar-refractivity contribution >= 4 is 45.0 Å². The van der Waals surface area contributed by atoms with Gasteiger partial charge in [-0.25, -0.2) is 4.57 Å². The summed E-state index contributed by atoms with van der Waals surface area (Å²) in [6, 6.07) is 11.9. The quantitative estimate of drug-likeness (QED) is 0.672. The Labute approximate surface area is 151 Å². The van der Waals surface area contributed by atoms with Crippen molar-refractivity contribution in [3.63, 3.8) is 0 Å². The highest BCUT2D eigenvalue weighted by atomic mass is 79.9. The Morgan fingerprint density at radius 2 is 2.08 bits per heavy atom. The van der Waals surface area contributed by atoms with Crippen LogP contribution in [0, 0.1) is 4.77 Å². The van der Waals surface area contributed by atoms with Gasteiger partial charge < -0.3 is 9.72 Å². The Hall–Kier alpha value is -2.25. The molecule has 5 nitrogen and oxygen atoms in total. The lowest BCUT2D eigenvalue weighted by atomic mass is 10.2. The number of nitrogens with zero attached hydrogens (tertiary/aromatic N) is 1. The average Bonchev–Trinajstić information content (AvgIpc) is 2.56. The van der Waals surface area contributed by atoms with Gasteiger partial charge in [0.25, 0.3) is 11.5 Å². The van der Waals surface area contributed by atoms with Gasteiger partial charge in [0.2, 0.25) is 0 Å². The summed E-state index contributed by atoms with van der Waals surface area (Å²) in [6.07, 6.45) is 0. The second kappa shape index (κ2) is 6.70. The number of H-pyrrole nitrogens is 1. The van der Waals surface area contributed by atoms with Gasteiger partial charge >= 0.3 is 0 Å². The van der Waals surface area contributed by atoms with Gasteiger partial charge in [-0.2, -0.15) is 0 Å². The van der Waals surface area contributed by atoms with Crippen LogP contribution in [0.4, 0.5) is 0 Å². The molecule has 0 radical (unpaired) electrons. The van der Waals surface area contributed by atoms with E-state index in [1.807, 2.05) is 6.92 Å². The topological polar surface area (TPSA) is 64.1 Å². The van der Waals surface area contributed by atoms with E-state index in [2.05, 4.69) is 20.9 Å². The number of hydrogen-bond acceptors (Lipinski definition) is 4. The van der Waals surface area contributed by atoms with Crippen LogP contribution in [0.3, 0.4) is 0 Å². The van der Waals surface area contributed by atoms with E-state index >= 15 is 0 Å². The molecular weight excluding hydrogens is 392 g/mol. The van der Waals surface area contributed by atoms with Crippen molar-refractivity contribution in [1.29, 1.82) is 0 Å². The third kappa shape index (κ3) is 3.05. The van der Waals surface area contributed by atoms with E-state index in [1.165, 1.54) is 0 Å². The highest BCUT2D eigenvalue weighted by Gasteiger charge is 2.15. The molecule has 24 heavy (non-hydrogen) atoms. The van der Waals surface area contributed by atoms with Gasteiger partial charge in [-0.1, -0.05) is 22.0 Å². The summed E-state index contributed by atoms with van der Waals surface area (Å²) in [5, 5.41) is 0.382. The van der Waals surface area contributed by atoms with Crippen LogP contribution in [-0.4, -0.2) is 22.1 Å². The van der Waals surface area contributed by atoms with E-state index in [4.69, 9.17) is 17.0 Å². The molecule has 0 aliphatic carbocycles. The van der Waals surface area contributed by atoms with Crippen LogP contribution in [0.5, 0.6) is 5.75 Å². The van der Waals surface area contributed by atoms with E-state index in [-0.39, 0.29) is 4.77 Å². The molecule has 1 aromatic heterocycles. The normalized spacial score (nSPS) is 10.8. The summed E-state index contributed by atoms with van der Waals surface area (Å²) in [5.41, 5.74) is 0.457. The van der Waals surface area contributed by atoms with E-state index < -0.39 is 11.5 Å². The molecule has 2 aromatic carbocycles. The minimum Gasteiger partial charge on any atom is -0.494 e. The molecule has 0 bridgehead atoms. The van der Waals surface area contributed by atoms with Crippen LogP contribution in [0.15, 0.2) is 51.7 Å². The van der Waals surface area contributed by atoms with Crippen molar-refractivity contribution < 1.29 is 9.53 Å². The molecule has 7 heteroatoms. The molecule has 3 rings (SSSR count). The minimum absolute atomic E-state index is 0.0571. The Morgan fingerprint density at radius 3 is 2.83 bits per heavy atom. The molecule has 0 atom stereocenters. The fourth-order valence-corrected chi connectivity index (χ4v) is 3.02. The molecular formula is C17H13BrN2O3S. The number of aromatic amines is 1. The van der Waals surface area contributed by atoms with Gasteiger partial charge in [-0.15, -0.1) is 0 Å². The van der Waals surface area contributed by atoms with Crippen LogP contribution in [-0.2, 0) is 0 Å². The first-order valence-electron chi connectivity index (χ1n) is 7.23. The highest BCUT2D eigenvalue weighted by molar-refractivity contribution is 9.10. The maximum atomic E-state index is 12.8. The number of hydrogen-bond donors (Lipinski definition) is 1. The van der Waals surface area contributed by atoms with Crippen molar-refractivity contribution in [3.8, 4) is 5.75 Å². The largest absolute Gasteiger partial charge is 0.494 e. The Morgan fingerprint density at radius 1 is 1.29 bits per heavy atom.